The van der Waals surface area contributed by atoms with Gasteiger partial charge in [-0.2, -0.15) is 0 Å². The first-order valence-corrected chi connectivity index (χ1v) is 9.23. The molecule has 2 atom stereocenters. The van der Waals surface area contributed by atoms with E-state index in [0.29, 0.717) is 25.3 Å². The van der Waals surface area contributed by atoms with E-state index in [0.717, 1.165) is 17.5 Å². The molecule has 2 aromatic carbocycles. The lowest BCUT2D eigenvalue weighted by Crippen LogP contribution is -2.41. The number of halogens is 2. The highest BCUT2D eigenvalue weighted by molar-refractivity contribution is 5.85. The molecule has 1 aliphatic heterocycles. The Kier molecular flexibility index (Phi) is 8.26. The molecular formula is C22H25Cl2N3O2. The Bertz CT molecular complexity index is 945. The Morgan fingerprint density at radius 2 is 1.83 bits per heavy atom. The van der Waals surface area contributed by atoms with Crippen molar-refractivity contribution in [2.24, 2.45) is 5.92 Å². The van der Waals surface area contributed by atoms with E-state index in [1.807, 2.05) is 48.7 Å². The first-order chi connectivity index (χ1) is 13.2. The number of carbonyl (C=O) groups excluding carboxylic acids is 1. The van der Waals surface area contributed by atoms with Crippen LogP contribution in [0.15, 0.2) is 60.8 Å². The Morgan fingerprint density at radius 3 is 2.62 bits per heavy atom. The van der Waals surface area contributed by atoms with Gasteiger partial charge in [0, 0.05) is 23.2 Å². The molecule has 7 heteroatoms. The van der Waals surface area contributed by atoms with Crippen molar-refractivity contribution in [2.45, 2.75) is 18.9 Å². The van der Waals surface area contributed by atoms with Gasteiger partial charge in [0.05, 0.1) is 31.2 Å². The molecule has 1 aliphatic rings. The van der Waals surface area contributed by atoms with Crippen molar-refractivity contribution < 1.29 is 9.53 Å². The van der Waals surface area contributed by atoms with Gasteiger partial charge in [0.1, 0.15) is 0 Å². The minimum Gasteiger partial charge on any atom is -0.399 e. The summed E-state index contributed by atoms with van der Waals surface area (Å²) >= 11 is 0. The van der Waals surface area contributed by atoms with Gasteiger partial charge in [-0.05, 0) is 41.8 Å². The Labute approximate surface area is 182 Å². The van der Waals surface area contributed by atoms with Crippen LogP contribution >= 0.6 is 24.8 Å². The average molecular weight is 434 g/mol. The van der Waals surface area contributed by atoms with Gasteiger partial charge in [-0.1, -0.05) is 30.3 Å². The number of nitrogen functional groups attached to an aromatic ring is 1. The molecule has 0 bridgehead atoms. The fourth-order valence-electron chi connectivity index (χ4n) is 3.65. The standard InChI is InChI=1S/C22H23N3O2.2ClH/c23-18-7-5-15(6-8-18)11-22(26)25-21-14-27-13-17(21)12-16-9-10-24-20-4-2-1-3-19(16)20;;/h1-10,17,21H,11-14,23H2,(H,25,26);2*1H/t17-,21+;;/m1../s1. The minimum absolute atomic E-state index is 0. The molecule has 3 aromatic rings. The second-order valence-corrected chi connectivity index (χ2v) is 7.08. The average Bonchev–Trinajstić information content (AvgIpc) is 3.10. The number of nitrogens with zero attached hydrogens (tertiary/aromatic N) is 1. The molecule has 0 radical (unpaired) electrons. The maximum atomic E-state index is 12.5. The third-order valence-electron chi connectivity index (χ3n) is 5.11. The van der Waals surface area contributed by atoms with Crippen LogP contribution in [0.4, 0.5) is 5.69 Å². The highest BCUT2D eigenvalue weighted by Crippen LogP contribution is 2.24. The molecule has 1 aromatic heterocycles. The number of fused-ring (bicyclic) bond motifs is 1. The van der Waals surface area contributed by atoms with Gasteiger partial charge in [0.2, 0.25) is 5.91 Å². The quantitative estimate of drug-likeness (QED) is 0.602. The van der Waals surface area contributed by atoms with Crippen LogP contribution in [0.3, 0.4) is 0 Å². The van der Waals surface area contributed by atoms with E-state index >= 15 is 0 Å². The Balaban J connectivity index is 0.00000150. The maximum Gasteiger partial charge on any atom is 0.224 e. The van der Waals surface area contributed by atoms with E-state index in [1.54, 1.807) is 0 Å². The molecule has 29 heavy (non-hydrogen) atoms. The molecule has 1 amide bonds. The summed E-state index contributed by atoms with van der Waals surface area (Å²) in [4.78, 5) is 16.9. The van der Waals surface area contributed by atoms with Crippen LogP contribution in [0.5, 0.6) is 0 Å². The van der Waals surface area contributed by atoms with E-state index in [4.69, 9.17) is 10.5 Å². The van der Waals surface area contributed by atoms with Crippen molar-refractivity contribution in [3.8, 4) is 0 Å². The normalized spacial score (nSPS) is 17.9. The molecule has 5 nitrogen and oxygen atoms in total. The van der Waals surface area contributed by atoms with Gasteiger partial charge < -0.3 is 15.8 Å². The fraction of sp³-hybridized carbons (Fsp3) is 0.273. The third kappa shape index (κ3) is 5.60. The van der Waals surface area contributed by atoms with Crippen LogP contribution in [0, 0.1) is 5.92 Å². The molecular weight excluding hydrogens is 409 g/mol. The van der Waals surface area contributed by atoms with Crippen LogP contribution in [0.2, 0.25) is 0 Å². The highest BCUT2D eigenvalue weighted by Gasteiger charge is 2.30. The van der Waals surface area contributed by atoms with Gasteiger partial charge in [-0.25, -0.2) is 0 Å². The number of anilines is 1. The number of nitrogens with two attached hydrogens (primary N) is 1. The molecule has 1 saturated heterocycles. The van der Waals surface area contributed by atoms with Crippen LogP contribution in [0.1, 0.15) is 11.1 Å². The summed E-state index contributed by atoms with van der Waals surface area (Å²) < 4.78 is 5.67. The van der Waals surface area contributed by atoms with Crippen LogP contribution < -0.4 is 11.1 Å². The van der Waals surface area contributed by atoms with Crippen molar-refractivity contribution >= 4 is 47.3 Å². The number of nitrogens with one attached hydrogen (secondary N) is 1. The second kappa shape index (κ2) is 10.4. The number of carbonyl (C=O) groups is 1. The summed E-state index contributed by atoms with van der Waals surface area (Å²) in [6.45, 7) is 1.21. The largest absolute Gasteiger partial charge is 0.399 e. The molecule has 1 fully saturated rings. The summed E-state index contributed by atoms with van der Waals surface area (Å²) in [6, 6.07) is 17.7. The van der Waals surface area contributed by atoms with Crippen LogP contribution in [-0.2, 0) is 22.4 Å². The number of pyridine rings is 1. The topological polar surface area (TPSA) is 77.2 Å². The zero-order chi connectivity index (χ0) is 18.6. The zero-order valence-electron chi connectivity index (χ0n) is 15.9. The summed E-state index contributed by atoms with van der Waals surface area (Å²) in [5.41, 5.74) is 9.60. The molecule has 0 spiro atoms. The van der Waals surface area contributed by atoms with Gasteiger partial charge in [0.15, 0.2) is 0 Å². The molecule has 2 heterocycles. The summed E-state index contributed by atoms with van der Waals surface area (Å²) in [5, 5.41) is 4.32. The van der Waals surface area contributed by atoms with Gasteiger partial charge in [-0.3, -0.25) is 9.78 Å². The number of rotatable bonds is 5. The smallest absolute Gasteiger partial charge is 0.224 e. The Morgan fingerprint density at radius 1 is 1.07 bits per heavy atom. The third-order valence-corrected chi connectivity index (χ3v) is 5.11. The number of amides is 1. The summed E-state index contributed by atoms with van der Waals surface area (Å²) in [5.74, 6) is 0.269. The molecule has 0 unspecified atom stereocenters. The van der Waals surface area contributed by atoms with E-state index in [-0.39, 0.29) is 42.7 Å². The number of hydrogen-bond donors (Lipinski definition) is 2. The highest BCUT2D eigenvalue weighted by atomic mass is 35.5. The number of benzene rings is 2. The van der Waals surface area contributed by atoms with Crippen molar-refractivity contribution in [1.29, 1.82) is 0 Å². The van der Waals surface area contributed by atoms with Crippen molar-refractivity contribution in [2.75, 3.05) is 18.9 Å². The summed E-state index contributed by atoms with van der Waals surface area (Å²) in [7, 11) is 0. The molecule has 0 aliphatic carbocycles. The van der Waals surface area contributed by atoms with Gasteiger partial charge in [-0.15, -0.1) is 24.8 Å². The number of hydrogen-bond acceptors (Lipinski definition) is 4. The molecule has 3 N–H and O–H groups in total. The predicted octanol–water partition coefficient (Wildman–Crippen LogP) is 3.58. The van der Waals surface area contributed by atoms with E-state index < -0.39 is 0 Å². The molecule has 4 rings (SSSR count). The molecule has 154 valence electrons. The fourth-order valence-corrected chi connectivity index (χ4v) is 3.65. The maximum absolute atomic E-state index is 12.5. The predicted molar refractivity (Wildman–Crippen MR) is 121 cm³/mol. The van der Waals surface area contributed by atoms with Gasteiger partial charge >= 0.3 is 0 Å². The Hall–Kier alpha value is -2.34. The van der Waals surface area contributed by atoms with E-state index in [2.05, 4.69) is 22.4 Å². The minimum atomic E-state index is 0. The number of para-hydroxylation sites is 1. The SMILES string of the molecule is Cl.Cl.Nc1ccc(CC(=O)N[C@H]2COC[C@H]2Cc2ccnc3ccccc23)cc1. The number of ether oxygens (including phenoxy) is 1. The van der Waals surface area contributed by atoms with Gasteiger partial charge in [0.25, 0.3) is 0 Å². The van der Waals surface area contributed by atoms with Crippen molar-refractivity contribution in [3.63, 3.8) is 0 Å². The monoisotopic (exact) mass is 433 g/mol. The lowest BCUT2D eigenvalue weighted by atomic mass is 9.93. The molecule has 0 saturated carbocycles. The lowest BCUT2D eigenvalue weighted by Gasteiger charge is -2.20. The van der Waals surface area contributed by atoms with Crippen molar-refractivity contribution in [3.05, 3.63) is 71.9 Å². The second-order valence-electron chi connectivity index (χ2n) is 7.08. The summed E-state index contributed by atoms with van der Waals surface area (Å²) in [6.07, 6.45) is 3.06. The van der Waals surface area contributed by atoms with E-state index in [9.17, 15) is 4.79 Å². The van der Waals surface area contributed by atoms with Crippen LogP contribution in [-0.4, -0.2) is 30.1 Å². The van der Waals surface area contributed by atoms with Crippen LogP contribution in [0.25, 0.3) is 10.9 Å². The first-order valence-electron chi connectivity index (χ1n) is 9.23. The van der Waals surface area contributed by atoms with Crippen molar-refractivity contribution in [1.82, 2.24) is 10.3 Å². The number of aromatic nitrogens is 1. The van der Waals surface area contributed by atoms with E-state index in [1.165, 1.54) is 10.9 Å². The zero-order valence-corrected chi connectivity index (χ0v) is 17.5. The first kappa shape index (κ1) is 22.9. The lowest BCUT2D eigenvalue weighted by molar-refractivity contribution is -0.121.